The molecule has 1 N–H and O–H groups in total. The van der Waals surface area contributed by atoms with Crippen molar-refractivity contribution in [1.82, 2.24) is 19.7 Å². The van der Waals surface area contributed by atoms with Crippen molar-refractivity contribution in [2.24, 2.45) is 11.8 Å². The molecule has 0 amide bonds. The number of nitriles is 1. The van der Waals surface area contributed by atoms with E-state index in [1.165, 1.54) is 0 Å². The first-order valence-corrected chi connectivity index (χ1v) is 9.74. The zero-order chi connectivity index (χ0) is 21.2. The Kier molecular flexibility index (Phi) is 6.01. The Morgan fingerprint density at radius 1 is 1.41 bits per heavy atom. The molecule has 9 heteroatoms. The third-order valence-corrected chi connectivity index (χ3v) is 5.37. The number of alkyl halides is 1. The molecule has 3 rings (SSSR count). The normalized spacial score (nSPS) is 22.2. The number of anilines is 2. The second-order valence-corrected chi connectivity index (χ2v) is 8.20. The standard InChI is InChI=1S/C20H26F2N6O/c1-12-5-6-14(7-15(12)21)10-29-18-16(22)8-24-19(26-18)25-17-9-28(27-13(17)2)20(3,4)11-23/h8-9,12,14-15H,5-7,10H2,1-4H3,(H,24,25,26)/t12-,14+,15-/m1/s1. The summed E-state index contributed by atoms with van der Waals surface area (Å²) in [5.74, 6) is -0.582. The summed E-state index contributed by atoms with van der Waals surface area (Å²) in [5, 5.41) is 16.6. The number of rotatable bonds is 6. The average molecular weight is 404 g/mol. The molecule has 0 aromatic carbocycles. The van der Waals surface area contributed by atoms with E-state index in [2.05, 4.69) is 26.5 Å². The minimum Gasteiger partial charge on any atom is -0.475 e. The van der Waals surface area contributed by atoms with E-state index in [-0.39, 0.29) is 30.3 Å². The van der Waals surface area contributed by atoms with Crippen molar-refractivity contribution in [3.63, 3.8) is 0 Å². The highest BCUT2D eigenvalue weighted by Gasteiger charge is 2.28. The van der Waals surface area contributed by atoms with E-state index < -0.39 is 17.5 Å². The van der Waals surface area contributed by atoms with Gasteiger partial charge in [0.2, 0.25) is 11.8 Å². The van der Waals surface area contributed by atoms with Gasteiger partial charge in [0.05, 0.1) is 36.5 Å². The predicted octanol–water partition coefficient (Wildman–Crippen LogP) is 4.28. The number of hydrogen-bond acceptors (Lipinski definition) is 6. The minimum atomic E-state index is -0.845. The molecular weight excluding hydrogens is 378 g/mol. The van der Waals surface area contributed by atoms with E-state index in [0.717, 1.165) is 19.0 Å². The molecule has 1 fully saturated rings. The van der Waals surface area contributed by atoms with Gasteiger partial charge in [0, 0.05) is 0 Å². The molecule has 2 aromatic heterocycles. The molecular formula is C20H26F2N6O. The Hall–Kier alpha value is -2.76. The zero-order valence-corrected chi connectivity index (χ0v) is 17.1. The summed E-state index contributed by atoms with van der Waals surface area (Å²) in [6.07, 6.45) is 3.94. The second-order valence-electron chi connectivity index (χ2n) is 8.20. The van der Waals surface area contributed by atoms with E-state index in [9.17, 15) is 14.0 Å². The van der Waals surface area contributed by atoms with Crippen LogP contribution in [0.15, 0.2) is 12.4 Å². The fraction of sp³-hybridized carbons (Fsp3) is 0.600. The Morgan fingerprint density at radius 3 is 2.86 bits per heavy atom. The molecule has 2 heterocycles. The topological polar surface area (TPSA) is 88.7 Å². The lowest BCUT2D eigenvalue weighted by atomic mass is 9.82. The first-order valence-electron chi connectivity index (χ1n) is 9.74. The zero-order valence-electron chi connectivity index (χ0n) is 17.1. The quantitative estimate of drug-likeness (QED) is 0.773. The first kappa shape index (κ1) is 21.0. The molecule has 0 bridgehead atoms. The lowest BCUT2D eigenvalue weighted by Crippen LogP contribution is -2.27. The summed E-state index contributed by atoms with van der Waals surface area (Å²) in [6, 6.07) is 2.18. The van der Waals surface area contributed by atoms with Gasteiger partial charge in [-0.05, 0) is 51.9 Å². The maximum absolute atomic E-state index is 14.1. The summed E-state index contributed by atoms with van der Waals surface area (Å²) in [5.41, 5.74) is 0.440. The predicted molar refractivity (Wildman–Crippen MR) is 104 cm³/mol. The van der Waals surface area contributed by atoms with Crippen LogP contribution in [0.5, 0.6) is 5.88 Å². The Bertz CT molecular complexity index is 907. The summed E-state index contributed by atoms with van der Waals surface area (Å²) >= 11 is 0. The van der Waals surface area contributed by atoms with Gasteiger partial charge >= 0.3 is 0 Å². The maximum atomic E-state index is 14.1. The third-order valence-electron chi connectivity index (χ3n) is 5.37. The van der Waals surface area contributed by atoms with Crippen LogP contribution in [-0.2, 0) is 5.54 Å². The molecule has 0 aliphatic heterocycles. The van der Waals surface area contributed by atoms with Gasteiger partial charge in [0.1, 0.15) is 11.7 Å². The smallest absolute Gasteiger partial charge is 0.255 e. The van der Waals surface area contributed by atoms with Gasteiger partial charge in [-0.25, -0.2) is 9.37 Å². The number of ether oxygens (including phenoxy) is 1. The Morgan fingerprint density at radius 2 is 2.17 bits per heavy atom. The molecule has 3 atom stereocenters. The SMILES string of the molecule is Cc1nn(C(C)(C)C#N)cc1Nc1ncc(F)c(OC[C@H]2CC[C@@H](C)[C@H](F)C2)n1. The number of nitrogens with zero attached hydrogens (tertiary/aromatic N) is 5. The van der Waals surface area contributed by atoms with Crippen LogP contribution in [0.2, 0.25) is 0 Å². The number of aromatic nitrogens is 4. The summed E-state index contributed by atoms with van der Waals surface area (Å²) in [6.45, 7) is 7.40. The van der Waals surface area contributed by atoms with Gasteiger partial charge in [0.15, 0.2) is 0 Å². The van der Waals surface area contributed by atoms with Crippen LogP contribution in [0.4, 0.5) is 20.4 Å². The van der Waals surface area contributed by atoms with Crippen molar-refractivity contribution in [3.05, 3.63) is 23.9 Å². The Balaban J connectivity index is 1.69. The molecule has 2 aromatic rings. The number of aryl methyl sites for hydroxylation is 1. The number of hydrogen-bond donors (Lipinski definition) is 1. The first-order chi connectivity index (χ1) is 13.7. The van der Waals surface area contributed by atoms with Crippen molar-refractivity contribution in [3.8, 4) is 11.9 Å². The van der Waals surface area contributed by atoms with E-state index >= 15 is 0 Å². The van der Waals surface area contributed by atoms with E-state index in [4.69, 9.17) is 4.74 Å². The van der Waals surface area contributed by atoms with Crippen LogP contribution in [0, 0.1) is 35.9 Å². The van der Waals surface area contributed by atoms with Crippen molar-refractivity contribution < 1.29 is 13.5 Å². The molecule has 1 aliphatic carbocycles. The van der Waals surface area contributed by atoms with Gasteiger partial charge in [-0.2, -0.15) is 19.7 Å². The van der Waals surface area contributed by atoms with E-state index in [0.29, 0.717) is 17.8 Å². The summed E-state index contributed by atoms with van der Waals surface area (Å²) in [7, 11) is 0. The average Bonchev–Trinajstić information content (AvgIpc) is 3.06. The maximum Gasteiger partial charge on any atom is 0.255 e. The van der Waals surface area contributed by atoms with Crippen LogP contribution in [-0.4, -0.2) is 32.5 Å². The minimum absolute atomic E-state index is 0.0423. The summed E-state index contributed by atoms with van der Waals surface area (Å²) in [4.78, 5) is 8.05. The molecule has 0 spiro atoms. The van der Waals surface area contributed by atoms with E-state index in [1.54, 1.807) is 31.6 Å². The fourth-order valence-electron chi connectivity index (χ4n) is 3.25. The lowest BCUT2D eigenvalue weighted by molar-refractivity contribution is 0.102. The molecule has 1 saturated carbocycles. The largest absolute Gasteiger partial charge is 0.475 e. The van der Waals surface area contributed by atoms with Crippen LogP contribution in [0.3, 0.4) is 0 Å². The van der Waals surface area contributed by atoms with E-state index in [1.807, 2.05) is 6.92 Å². The van der Waals surface area contributed by atoms with Crippen LogP contribution in [0.25, 0.3) is 0 Å². The van der Waals surface area contributed by atoms with Gasteiger partial charge in [0.25, 0.3) is 5.88 Å². The highest BCUT2D eigenvalue weighted by Crippen LogP contribution is 2.31. The molecule has 7 nitrogen and oxygen atoms in total. The molecule has 29 heavy (non-hydrogen) atoms. The Labute approximate surface area is 169 Å². The lowest BCUT2D eigenvalue weighted by Gasteiger charge is -2.29. The summed E-state index contributed by atoms with van der Waals surface area (Å²) < 4.78 is 35.1. The van der Waals surface area contributed by atoms with Gasteiger partial charge in [-0.15, -0.1) is 0 Å². The van der Waals surface area contributed by atoms with Crippen LogP contribution < -0.4 is 10.1 Å². The highest BCUT2D eigenvalue weighted by atomic mass is 19.1. The molecule has 0 saturated heterocycles. The molecule has 1 aliphatic rings. The second kappa shape index (κ2) is 8.31. The molecule has 0 unspecified atom stereocenters. The monoisotopic (exact) mass is 404 g/mol. The molecule has 156 valence electrons. The van der Waals surface area contributed by atoms with Crippen molar-refractivity contribution in [2.75, 3.05) is 11.9 Å². The van der Waals surface area contributed by atoms with Gasteiger partial charge in [-0.1, -0.05) is 6.92 Å². The highest BCUT2D eigenvalue weighted by molar-refractivity contribution is 5.55. The molecule has 0 radical (unpaired) electrons. The van der Waals surface area contributed by atoms with Crippen molar-refractivity contribution in [2.45, 2.75) is 58.7 Å². The number of nitrogens with one attached hydrogen (secondary N) is 1. The fourth-order valence-corrected chi connectivity index (χ4v) is 3.25. The van der Waals surface area contributed by atoms with Crippen molar-refractivity contribution >= 4 is 11.6 Å². The van der Waals surface area contributed by atoms with Gasteiger partial charge < -0.3 is 10.1 Å². The third kappa shape index (κ3) is 4.81. The van der Waals surface area contributed by atoms with Crippen LogP contribution in [0.1, 0.15) is 45.7 Å². The van der Waals surface area contributed by atoms with Crippen LogP contribution >= 0.6 is 0 Å². The van der Waals surface area contributed by atoms with Gasteiger partial charge in [-0.3, -0.25) is 4.68 Å². The van der Waals surface area contributed by atoms with Crippen molar-refractivity contribution in [1.29, 1.82) is 5.26 Å². The number of halogens is 2.